The molecule has 0 fully saturated rings. The number of nitrogens with one attached hydrogen (secondary N) is 1. The van der Waals surface area contributed by atoms with E-state index < -0.39 is 75.3 Å². The standard InChI is InChI=1S/C26H24F6N2O4S2/c1-16(26(30,31)32)10-25(36)33-22(11-17-6-3-2-4-7-17)23(35)15-34(14-18-8-5-9-39-18)40(37,38)24-13-20(28)19(27)12-21(24)29/h2-10,12-13,22-23,35H,11,14-15H2,1H3,(H,33,36)/b16-10-. The summed E-state index contributed by atoms with van der Waals surface area (Å²) in [4.78, 5) is 11.7. The number of sulfonamides is 1. The van der Waals surface area contributed by atoms with Crippen molar-refractivity contribution in [3.05, 3.63) is 99.5 Å². The molecule has 3 aromatic rings. The number of thiophene rings is 1. The Bertz CT molecular complexity index is 1450. The van der Waals surface area contributed by atoms with Crippen molar-refractivity contribution < 1.29 is 44.7 Å². The van der Waals surface area contributed by atoms with Gasteiger partial charge in [-0.25, -0.2) is 21.6 Å². The average Bonchev–Trinajstić information content (AvgIpc) is 3.38. The Morgan fingerprint density at radius 1 is 1.05 bits per heavy atom. The molecule has 0 radical (unpaired) electrons. The topological polar surface area (TPSA) is 86.7 Å². The maximum absolute atomic E-state index is 14.5. The van der Waals surface area contributed by atoms with E-state index in [1.807, 2.05) is 0 Å². The fourth-order valence-corrected chi connectivity index (χ4v) is 5.95. The van der Waals surface area contributed by atoms with Gasteiger partial charge in [-0.15, -0.1) is 11.3 Å². The molecule has 0 aliphatic rings. The molecule has 216 valence electrons. The van der Waals surface area contributed by atoms with Crippen LogP contribution in [0.15, 0.2) is 76.5 Å². The second-order valence-electron chi connectivity index (χ2n) is 8.77. The van der Waals surface area contributed by atoms with Crippen LogP contribution in [-0.2, 0) is 27.8 Å². The van der Waals surface area contributed by atoms with Gasteiger partial charge in [0.1, 0.15) is 10.7 Å². The van der Waals surface area contributed by atoms with E-state index >= 15 is 0 Å². The summed E-state index contributed by atoms with van der Waals surface area (Å²) in [6.45, 7) is -0.499. The molecular weight excluding hydrogens is 582 g/mol. The molecule has 40 heavy (non-hydrogen) atoms. The van der Waals surface area contributed by atoms with Crippen LogP contribution < -0.4 is 5.32 Å². The van der Waals surface area contributed by atoms with Gasteiger partial charge in [0, 0.05) is 35.7 Å². The highest BCUT2D eigenvalue weighted by Gasteiger charge is 2.34. The van der Waals surface area contributed by atoms with Crippen molar-refractivity contribution in [2.75, 3.05) is 6.54 Å². The van der Waals surface area contributed by atoms with Gasteiger partial charge < -0.3 is 10.4 Å². The number of allylic oxidation sites excluding steroid dienone is 1. The second kappa shape index (κ2) is 13.0. The number of benzene rings is 2. The molecule has 2 aromatic carbocycles. The van der Waals surface area contributed by atoms with Crippen molar-refractivity contribution >= 4 is 27.3 Å². The Morgan fingerprint density at radius 2 is 1.70 bits per heavy atom. The zero-order valence-corrected chi connectivity index (χ0v) is 22.5. The fraction of sp³-hybridized carbons (Fsp3) is 0.269. The van der Waals surface area contributed by atoms with E-state index in [0.717, 1.165) is 11.3 Å². The van der Waals surface area contributed by atoms with E-state index in [-0.39, 0.29) is 18.6 Å². The van der Waals surface area contributed by atoms with Gasteiger partial charge in [0.25, 0.3) is 0 Å². The smallest absolute Gasteiger partial charge is 0.390 e. The summed E-state index contributed by atoms with van der Waals surface area (Å²) in [6, 6.07) is 10.3. The molecule has 0 saturated heterocycles. The van der Waals surface area contributed by atoms with Crippen molar-refractivity contribution in [3.63, 3.8) is 0 Å². The number of hydrogen-bond donors (Lipinski definition) is 2. The highest BCUT2D eigenvalue weighted by Crippen LogP contribution is 2.26. The number of nitrogens with zero attached hydrogens (tertiary/aromatic N) is 1. The third-order valence-corrected chi connectivity index (χ3v) is 8.47. The van der Waals surface area contributed by atoms with Gasteiger partial charge in [0.05, 0.1) is 12.1 Å². The molecule has 2 unspecified atom stereocenters. The summed E-state index contributed by atoms with van der Waals surface area (Å²) >= 11 is 1.13. The molecule has 0 bridgehead atoms. The number of halogens is 6. The van der Waals surface area contributed by atoms with E-state index in [2.05, 4.69) is 5.32 Å². The summed E-state index contributed by atoms with van der Waals surface area (Å²) in [5, 5.41) is 15.0. The van der Waals surface area contributed by atoms with Gasteiger partial charge in [-0.1, -0.05) is 36.4 Å². The quantitative estimate of drug-likeness (QED) is 0.184. The number of carbonyl (C=O) groups excluding carboxylic acids is 1. The summed E-state index contributed by atoms with van der Waals surface area (Å²) in [5.41, 5.74) is -0.642. The molecule has 2 atom stereocenters. The highest BCUT2D eigenvalue weighted by molar-refractivity contribution is 7.89. The predicted octanol–water partition coefficient (Wildman–Crippen LogP) is 4.95. The molecule has 6 nitrogen and oxygen atoms in total. The first-order valence-corrected chi connectivity index (χ1v) is 14.0. The minimum atomic E-state index is -4.89. The maximum Gasteiger partial charge on any atom is 0.412 e. The largest absolute Gasteiger partial charge is 0.412 e. The number of alkyl halides is 3. The van der Waals surface area contributed by atoms with E-state index in [0.29, 0.717) is 27.7 Å². The number of rotatable bonds is 11. The normalized spacial score (nSPS) is 14.3. The lowest BCUT2D eigenvalue weighted by Crippen LogP contribution is -2.50. The Labute approximate surface area is 230 Å². The Morgan fingerprint density at radius 3 is 2.30 bits per heavy atom. The zero-order valence-electron chi connectivity index (χ0n) is 20.8. The molecule has 0 aliphatic heterocycles. The van der Waals surface area contributed by atoms with Crippen LogP contribution in [0.3, 0.4) is 0 Å². The molecule has 14 heteroatoms. The average molecular weight is 607 g/mol. The lowest BCUT2D eigenvalue weighted by Gasteiger charge is -2.29. The van der Waals surface area contributed by atoms with Crippen LogP contribution in [0.4, 0.5) is 26.3 Å². The SMILES string of the molecule is C/C(=C/C(=O)NC(Cc1ccccc1)C(O)CN(Cc1cccs1)S(=O)(=O)c1cc(F)c(F)cc1F)C(F)(F)F. The van der Waals surface area contributed by atoms with Crippen molar-refractivity contribution in [2.45, 2.75) is 43.1 Å². The Kier molecular flexibility index (Phi) is 10.2. The van der Waals surface area contributed by atoms with Crippen molar-refractivity contribution in [3.8, 4) is 0 Å². The Hall–Kier alpha value is -3.20. The number of aliphatic hydroxyl groups is 1. The van der Waals surface area contributed by atoms with Crippen LogP contribution in [-0.4, -0.2) is 48.6 Å². The van der Waals surface area contributed by atoms with E-state index in [1.165, 1.54) is 0 Å². The maximum atomic E-state index is 14.5. The van der Waals surface area contributed by atoms with Crippen LogP contribution >= 0.6 is 11.3 Å². The summed E-state index contributed by atoms with van der Waals surface area (Å²) in [6.07, 6.45) is -6.31. The number of aliphatic hydroxyl groups excluding tert-OH is 1. The molecule has 0 spiro atoms. The monoisotopic (exact) mass is 606 g/mol. The lowest BCUT2D eigenvalue weighted by molar-refractivity contribution is -0.119. The third-order valence-electron chi connectivity index (χ3n) is 5.78. The molecule has 3 rings (SSSR count). The third kappa shape index (κ3) is 8.16. The van der Waals surface area contributed by atoms with Gasteiger partial charge in [-0.05, 0) is 36.4 Å². The number of hydrogen-bond acceptors (Lipinski definition) is 5. The van der Waals surface area contributed by atoms with Gasteiger partial charge in [-0.2, -0.15) is 17.5 Å². The van der Waals surface area contributed by atoms with E-state index in [1.54, 1.807) is 47.8 Å². The number of carbonyl (C=O) groups is 1. The van der Waals surface area contributed by atoms with E-state index in [9.17, 15) is 44.7 Å². The lowest BCUT2D eigenvalue weighted by atomic mass is 10.0. The van der Waals surface area contributed by atoms with Gasteiger partial charge >= 0.3 is 6.18 Å². The van der Waals surface area contributed by atoms with Crippen molar-refractivity contribution in [1.29, 1.82) is 0 Å². The highest BCUT2D eigenvalue weighted by atomic mass is 32.2. The zero-order chi connectivity index (χ0) is 29.7. The summed E-state index contributed by atoms with van der Waals surface area (Å²) in [5.74, 6) is -5.97. The van der Waals surface area contributed by atoms with Crippen LogP contribution in [0.25, 0.3) is 0 Å². The minimum absolute atomic E-state index is 0.0791. The molecule has 0 aliphatic carbocycles. The first-order chi connectivity index (χ1) is 18.7. The molecule has 1 heterocycles. The molecule has 0 saturated carbocycles. The summed E-state index contributed by atoms with van der Waals surface area (Å²) in [7, 11) is -4.89. The molecular formula is C26H24F6N2O4S2. The van der Waals surface area contributed by atoms with Crippen LogP contribution in [0, 0.1) is 17.5 Å². The minimum Gasteiger partial charge on any atom is -0.390 e. The first-order valence-electron chi connectivity index (χ1n) is 11.6. The molecule has 2 N–H and O–H groups in total. The predicted molar refractivity (Wildman–Crippen MR) is 136 cm³/mol. The Balaban J connectivity index is 1.97. The molecule has 1 aromatic heterocycles. The van der Waals surface area contributed by atoms with Crippen LogP contribution in [0.5, 0.6) is 0 Å². The second-order valence-corrected chi connectivity index (χ2v) is 11.7. The number of amides is 1. The summed E-state index contributed by atoms with van der Waals surface area (Å²) < 4.78 is 108. The van der Waals surface area contributed by atoms with Crippen LogP contribution in [0.1, 0.15) is 17.4 Å². The van der Waals surface area contributed by atoms with Crippen molar-refractivity contribution in [1.82, 2.24) is 9.62 Å². The van der Waals surface area contributed by atoms with Gasteiger partial charge in [0.2, 0.25) is 15.9 Å². The van der Waals surface area contributed by atoms with E-state index in [4.69, 9.17) is 0 Å². The van der Waals surface area contributed by atoms with Gasteiger partial charge in [0.15, 0.2) is 11.6 Å². The first kappa shape index (κ1) is 31.3. The fourth-order valence-electron chi connectivity index (χ4n) is 3.66. The van der Waals surface area contributed by atoms with Crippen molar-refractivity contribution in [2.24, 2.45) is 0 Å². The molecule has 1 amide bonds. The van der Waals surface area contributed by atoms with Gasteiger partial charge in [-0.3, -0.25) is 4.79 Å². The van der Waals surface area contributed by atoms with Crippen LogP contribution in [0.2, 0.25) is 0 Å².